The van der Waals surface area contributed by atoms with Gasteiger partial charge in [-0.15, -0.1) is 0 Å². The number of hydrazone groups is 1. The predicted molar refractivity (Wildman–Crippen MR) is 110 cm³/mol. The number of aryl methyl sites for hydroxylation is 2. The van der Waals surface area contributed by atoms with Crippen molar-refractivity contribution in [1.82, 2.24) is 5.43 Å². The number of benzene rings is 1. The SMILES string of the molecule is C/C(=N/NC(=O)COc1ccc(C(C)(C)C)cc1)c1cc(CCC(=O)O)oc1C. The quantitative estimate of drug-likeness (QED) is 0.518. The largest absolute Gasteiger partial charge is 0.484 e. The van der Waals surface area contributed by atoms with Gasteiger partial charge in [-0.1, -0.05) is 32.9 Å². The van der Waals surface area contributed by atoms with Crippen LogP contribution in [0.1, 0.15) is 56.8 Å². The highest BCUT2D eigenvalue weighted by atomic mass is 16.5. The summed E-state index contributed by atoms with van der Waals surface area (Å²) in [7, 11) is 0. The maximum Gasteiger partial charge on any atom is 0.303 e. The van der Waals surface area contributed by atoms with Crippen LogP contribution in [-0.4, -0.2) is 29.3 Å². The van der Waals surface area contributed by atoms with Crippen LogP contribution in [0.15, 0.2) is 39.9 Å². The van der Waals surface area contributed by atoms with Crippen molar-refractivity contribution in [2.75, 3.05) is 6.61 Å². The van der Waals surface area contributed by atoms with E-state index >= 15 is 0 Å². The Labute approximate surface area is 170 Å². The molecule has 0 radical (unpaired) electrons. The van der Waals surface area contributed by atoms with Gasteiger partial charge in [0, 0.05) is 12.0 Å². The number of carboxylic acid groups (broad SMARTS) is 1. The van der Waals surface area contributed by atoms with Gasteiger partial charge < -0.3 is 14.3 Å². The van der Waals surface area contributed by atoms with Crippen molar-refractivity contribution in [2.45, 2.75) is 52.9 Å². The molecule has 7 nitrogen and oxygen atoms in total. The zero-order chi connectivity index (χ0) is 21.6. The third-order valence-electron chi connectivity index (χ3n) is 4.38. The third kappa shape index (κ3) is 6.78. The number of aliphatic carboxylic acids is 1. The molecule has 0 unspecified atom stereocenters. The van der Waals surface area contributed by atoms with Gasteiger partial charge in [0.05, 0.1) is 12.1 Å². The zero-order valence-electron chi connectivity index (χ0n) is 17.5. The number of rotatable bonds is 8. The average Bonchev–Trinajstić information content (AvgIpc) is 3.03. The van der Waals surface area contributed by atoms with Crippen LogP contribution in [0.2, 0.25) is 0 Å². The molecule has 2 N–H and O–H groups in total. The summed E-state index contributed by atoms with van der Waals surface area (Å²) in [6.07, 6.45) is 0.297. The van der Waals surface area contributed by atoms with E-state index < -0.39 is 5.97 Å². The minimum absolute atomic E-state index is 0.00656. The smallest absolute Gasteiger partial charge is 0.303 e. The van der Waals surface area contributed by atoms with E-state index in [2.05, 4.69) is 31.3 Å². The van der Waals surface area contributed by atoms with Gasteiger partial charge >= 0.3 is 5.97 Å². The molecule has 29 heavy (non-hydrogen) atoms. The predicted octanol–water partition coefficient (Wildman–Crippen LogP) is 3.82. The number of furan rings is 1. The molecule has 0 saturated carbocycles. The summed E-state index contributed by atoms with van der Waals surface area (Å²) in [6.45, 7) is 9.75. The van der Waals surface area contributed by atoms with Gasteiger partial charge in [0.1, 0.15) is 17.3 Å². The van der Waals surface area contributed by atoms with Crippen LogP contribution in [0.25, 0.3) is 0 Å². The molecule has 0 saturated heterocycles. The molecule has 0 aliphatic heterocycles. The number of hydrogen-bond acceptors (Lipinski definition) is 5. The standard InChI is InChI=1S/C22H28N2O5/c1-14(19-12-18(29-15(19)2)10-11-21(26)27)23-24-20(25)13-28-17-8-6-16(7-9-17)22(3,4)5/h6-9,12H,10-11,13H2,1-5H3,(H,24,25)(H,26,27)/b23-14-. The minimum Gasteiger partial charge on any atom is -0.484 e. The number of carbonyl (C=O) groups excluding carboxylic acids is 1. The molecule has 0 aliphatic rings. The first-order valence-electron chi connectivity index (χ1n) is 9.44. The van der Waals surface area contributed by atoms with Gasteiger partial charge in [-0.25, -0.2) is 5.43 Å². The highest BCUT2D eigenvalue weighted by molar-refractivity contribution is 6.00. The van der Waals surface area contributed by atoms with Crippen LogP contribution in [0.4, 0.5) is 0 Å². The first kappa shape index (κ1) is 22.2. The Hall–Kier alpha value is -3.09. The van der Waals surface area contributed by atoms with Crippen molar-refractivity contribution in [2.24, 2.45) is 5.10 Å². The minimum atomic E-state index is -0.883. The van der Waals surface area contributed by atoms with E-state index in [4.69, 9.17) is 14.3 Å². The van der Waals surface area contributed by atoms with Gasteiger partial charge in [-0.3, -0.25) is 9.59 Å². The zero-order valence-corrected chi connectivity index (χ0v) is 17.5. The summed E-state index contributed by atoms with van der Waals surface area (Å²) in [5.41, 5.74) is 5.00. The number of nitrogens with one attached hydrogen (secondary N) is 1. The second kappa shape index (κ2) is 9.41. The Morgan fingerprint density at radius 2 is 1.86 bits per heavy atom. The lowest BCUT2D eigenvalue weighted by molar-refractivity contribution is -0.137. The number of carbonyl (C=O) groups is 2. The fraction of sp³-hybridized carbons (Fsp3) is 0.409. The van der Waals surface area contributed by atoms with Crippen molar-refractivity contribution in [1.29, 1.82) is 0 Å². The van der Waals surface area contributed by atoms with E-state index in [9.17, 15) is 9.59 Å². The Morgan fingerprint density at radius 1 is 1.21 bits per heavy atom. The van der Waals surface area contributed by atoms with Gasteiger partial charge in [-0.2, -0.15) is 5.10 Å². The van der Waals surface area contributed by atoms with Gasteiger partial charge in [0.25, 0.3) is 5.91 Å². The number of nitrogens with zero attached hydrogens (tertiary/aromatic N) is 1. The maximum atomic E-state index is 12.0. The molecule has 2 aromatic rings. The molecule has 1 aromatic carbocycles. The van der Waals surface area contributed by atoms with Crippen molar-refractivity contribution in [3.63, 3.8) is 0 Å². The summed E-state index contributed by atoms with van der Waals surface area (Å²) < 4.78 is 11.1. The topological polar surface area (TPSA) is 101 Å². The maximum absolute atomic E-state index is 12.0. The van der Waals surface area contributed by atoms with Crippen LogP contribution in [0, 0.1) is 6.92 Å². The number of amides is 1. The monoisotopic (exact) mass is 400 g/mol. The van der Waals surface area contributed by atoms with Crippen LogP contribution in [-0.2, 0) is 21.4 Å². The van der Waals surface area contributed by atoms with Crippen LogP contribution in [0.3, 0.4) is 0 Å². The summed E-state index contributed by atoms with van der Waals surface area (Å²) in [4.78, 5) is 22.7. The third-order valence-corrected chi connectivity index (χ3v) is 4.38. The van der Waals surface area contributed by atoms with Crippen molar-refractivity contribution in [3.05, 3.63) is 53.0 Å². The molecule has 1 amide bonds. The Morgan fingerprint density at radius 3 is 2.45 bits per heavy atom. The Bertz CT molecular complexity index is 889. The van der Waals surface area contributed by atoms with Crippen molar-refractivity contribution in [3.8, 4) is 5.75 Å². The van der Waals surface area contributed by atoms with E-state index in [1.807, 2.05) is 24.3 Å². The molecular formula is C22H28N2O5. The summed E-state index contributed by atoms with van der Waals surface area (Å²) in [5.74, 6) is 0.546. The van der Waals surface area contributed by atoms with Crippen LogP contribution in [0.5, 0.6) is 5.75 Å². The van der Waals surface area contributed by atoms with E-state index in [0.717, 1.165) is 5.56 Å². The lowest BCUT2D eigenvalue weighted by Crippen LogP contribution is -2.25. The second-order valence-corrected chi connectivity index (χ2v) is 7.87. The van der Waals surface area contributed by atoms with Gasteiger partial charge in [-0.05, 0) is 43.0 Å². The number of hydrogen-bond donors (Lipinski definition) is 2. The molecule has 0 fully saturated rings. The number of carboxylic acids is 1. The fourth-order valence-electron chi connectivity index (χ4n) is 2.69. The highest BCUT2D eigenvalue weighted by Gasteiger charge is 2.14. The molecular weight excluding hydrogens is 372 g/mol. The molecule has 1 heterocycles. The lowest BCUT2D eigenvalue weighted by Gasteiger charge is -2.19. The molecule has 7 heteroatoms. The number of ether oxygens (including phenoxy) is 1. The summed E-state index contributed by atoms with van der Waals surface area (Å²) >= 11 is 0. The normalized spacial score (nSPS) is 12.0. The van der Waals surface area contributed by atoms with E-state index in [1.54, 1.807) is 19.9 Å². The average molecular weight is 400 g/mol. The summed E-state index contributed by atoms with van der Waals surface area (Å²) in [5, 5.41) is 12.8. The molecule has 0 bridgehead atoms. The molecule has 0 atom stereocenters. The molecule has 156 valence electrons. The van der Waals surface area contributed by atoms with Gasteiger partial charge in [0.15, 0.2) is 6.61 Å². The van der Waals surface area contributed by atoms with Gasteiger partial charge in [0.2, 0.25) is 0 Å². The first-order valence-corrected chi connectivity index (χ1v) is 9.44. The fourth-order valence-corrected chi connectivity index (χ4v) is 2.69. The second-order valence-electron chi connectivity index (χ2n) is 7.87. The van der Waals surface area contributed by atoms with Crippen molar-refractivity contribution >= 4 is 17.6 Å². The highest BCUT2D eigenvalue weighted by Crippen LogP contribution is 2.24. The Balaban J connectivity index is 1.89. The van der Waals surface area contributed by atoms with E-state index in [0.29, 0.717) is 29.4 Å². The van der Waals surface area contributed by atoms with Crippen LogP contribution < -0.4 is 10.2 Å². The molecule has 0 spiro atoms. The summed E-state index contributed by atoms with van der Waals surface area (Å²) in [6, 6.07) is 9.40. The molecule has 1 aromatic heterocycles. The van der Waals surface area contributed by atoms with E-state index in [1.165, 1.54) is 5.56 Å². The van der Waals surface area contributed by atoms with Crippen molar-refractivity contribution < 1.29 is 23.8 Å². The molecule has 2 rings (SSSR count). The lowest BCUT2D eigenvalue weighted by atomic mass is 9.87. The molecule has 0 aliphatic carbocycles. The van der Waals surface area contributed by atoms with E-state index in [-0.39, 0.29) is 24.3 Å². The van der Waals surface area contributed by atoms with Crippen LogP contribution >= 0.6 is 0 Å². The Kier molecular flexibility index (Phi) is 7.20. The first-order chi connectivity index (χ1) is 13.6.